The third-order valence-electron chi connectivity index (χ3n) is 4.29. The van der Waals surface area contributed by atoms with Gasteiger partial charge in [0.05, 0.1) is 15.8 Å². The average molecular weight is 355 g/mol. The summed E-state index contributed by atoms with van der Waals surface area (Å²) in [5.74, 6) is -0.00657. The molecule has 0 N–H and O–H groups in total. The van der Waals surface area contributed by atoms with Gasteiger partial charge in [0.1, 0.15) is 5.01 Å². The highest BCUT2D eigenvalue weighted by atomic mass is 32.1. The highest BCUT2D eigenvalue weighted by Gasteiger charge is 2.18. The summed E-state index contributed by atoms with van der Waals surface area (Å²) in [4.78, 5) is 18.0. The molecule has 4 aromatic rings. The molecule has 0 unspecified atom stereocenters. The van der Waals surface area contributed by atoms with Crippen LogP contribution in [0.2, 0.25) is 0 Å². The van der Waals surface area contributed by atoms with E-state index in [2.05, 4.69) is 13.0 Å². The van der Waals surface area contributed by atoms with Crippen molar-refractivity contribution in [1.29, 1.82) is 0 Å². The number of fused-ring (bicyclic) bond motifs is 1. The largest absolute Gasteiger partial charge is 0.288 e. The van der Waals surface area contributed by atoms with E-state index in [-0.39, 0.29) is 5.78 Å². The molecule has 0 atom stereocenters. The lowest BCUT2D eigenvalue weighted by Crippen LogP contribution is -2.02. The van der Waals surface area contributed by atoms with Crippen molar-refractivity contribution in [2.24, 2.45) is 0 Å². The number of thiazole rings is 1. The minimum atomic E-state index is -0.00657. The first-order chi connectivity index (χ1) is 12.7. The van der Waals surface area contributed by atoms with Gasteiger partial charge in [0.2, 0.25) is 0 Å². The molecule has 0 radical (unpaired) electrons. The predicted octanol–water partition coefficient (Wildman–Crippen LogP) is 6.03. The number of hydrogen-bond acceptors (Lipinski definition) is 3. The SMILES string of the molecule is Cc1ccccc1/C=C(/C(=O)c1ccccc1)c1nc2ccccc2s1. The number of ketones is 1. The van der Waals surface area contributed by atoms with E-state index in [9.17, 15) is 4.79 Å². The molecule has 26 heavy (non-hydrogen) atoms. The molecule has 0 aliphatic rings. The van der Waals surface area contributed by atoms with E-state index >= 15 is 0 Å². The van der Waals surface area contributed by atoms with Crippen LogP contribution in [0.3, 0.4) is 0 Å². The Balaban J connectivity index is 1.89. The Kier molecular flexibility index (Phi) is 4.46. The van der Waals surface area contributed by atoms with E-state index in [1.54, 1.807) is 11.3 Å². The van der Waals surface area contributed by atoms with Crippen LogP contribution in [-0.2, 0) is 0 Å². The van der Waals surface area contributed by atoms with Crippen molar-refractivity contribution in [2.45, 2.75) is 6.92 Å². The smallest absolute Gasteiger partial charge is 0.196 e. The molecule has 3 aromatic carbocycles. The van der Waals surface area contributed by atoms with Crippen molar-refractivity contribution in [1.82, 2.24) is 4.98 Å². The van der Waals surface area contributed by atoms with Crippen molar-refractivity contribution in [3.63, 3.8) is 0 Å². The number of carbonyl (C=O) groups excluding carboxylic acids is 1. The van der Waals surface area contributed by atoms with Crippen LogP contribution in [0.25, 0.3) is 21.9 Å². The number of allylic oxidation sites excluding steroid dienone is 1. The van der Waals surface area contributed by atoms with Crippen LogP contribution < -0.4 is 0 Å². The van der Waals surface area contributed by atoms with Gasteiger partial charge in [-0.15, -0.1) is 11.3 Å². The molecular formula is C23H17NOS. The fourth-order valence-electron chi connectivity index (χ4n) is 2.86. The van der Waals surface area contributed by atoms with Crippen molar-refractivity contribution >= 4 is 39.0 Å². The van der Waals surface area contributed by atoms with E-state index in [1.807, 2.05) is 78.9 Å². The number of nitrogens with zero attached hydrogens (tertiary/aromatic N) is 1. The molecule has 0 spiro atoms. The van der Waals surface area contributed by atoms with Gasteiger partial charge in [0.15, 0.2) is 5.78 Å². The van der Waals surface area contributed by atoms with Crippen molar-refractivity contribution in [3.05, 3.63) is 101 Å². The van der Waals surface area contributed by atoms with Gasteiger partial charge in [-0.1, -0.05) is 66.7 Å². The maximum Gasteiger partial charge on any atom is 0.196 e. The van der Waals surface area contributed by atoms with Crippen molar-refractivity contribution in [2.75, 3.05) is 0 Å². The third-order valence-corrected chi connectivity index (χ3v) is 5.36. The summed E-state index contributed by atoms with van der Waals surface area (Å²) in [5, 5.41) is 0.753. The second-order valence-corrected chi connectivity index (χ2v) is 7.13. The molecular weight excluding hydrogens is 338 g/mol. The van der Waals surface area contributed by atoms with Gasteiger partial charge >= 0.3 is 0 Å². The molecule has 1 heterocycles. The Morgan fingerprint density at radius 3 is 2.35 bits per heavy atom. The summed E-state index contributed by atoms with van der Waals surface area (Å²) < 4.78 is 1.08. The first-order valence-corrected chi connectivity index (χ1v) is 9.27. The zero-order chi connectivity index (χ0) is 17.9. The van der Waals surface area contributed by atoms with Crippen molar-refractivity contribution < 1.29 is 4.79 Å². The molecule has 0 aliphatic carbocycles. The lowest BCUT2D eigenvalue weighted by atomic mass is 9.99. The minimum Gasteiger partial charge on any atom is -0.288 e. The van der Waals surface area contributed by atoms with Crippen LogP contribution in [0, 0.1) is 6.92 Å². The summed E-state index contributed by atoms with van der Waals surface area (Å²) in [6.45, 7) is 2.05. The number of para-hydroxylation sites is 1. The zero-order valence-corrected chi connectivity index (χ0v) is 15.2. The summed E-state index contributed by atoms with van der Waals surface area (Å²) in [6, 6.07) is 25.4. The molecule has 0 saturated heterocycles. The molecule has 0 saturated carbocycles. The van der Waals surface area contributed by atoms with Gasteiger partial charge in [0.25, 0.3) is 0 Å². The summed E-state index contributed by atoms with van der Waals surface area (Å²) in [5.41, 5.74) is 4.39. The average Bonchev–Trinajstić information content (AvgIpc) is 3.11. The maximum absolute atomic E-state index is 13.2. The minimum absolute atomic E-state index is 0.00657. The Morgan fingerprint density at radius 1 is 0.885 bits per heavy atom. The van der Waals surface area contributed by atoms with Crippen LogP contribution in [0.4, 0.5) is 0 Å². The third kappa shape index (κ3) is 3.22. The van der Waals surface area contributed by atoms with Gasteiger partial charge in [-0.3, -0.25) is 4.79 Å². The number of aryl methyl sites for hydroxylation is 1. The van der Waals surface area contributed by atoms with Gasteiger partial charge in [-0.05, 0) is 36.3 Å². The number of benzene rings is 3. The molecule has 0 amide bonds. The summed E-state index contributed by atoms with van der Waals surface area (Å²) in [6.07, 6.45) is 1.96. The number of aromatic nitrogens is 1. The molecule has 1 aromatic heterocycles. The van der Waals surface area contributed by atoms with Gasteiger partial charge in [-0.2, -0.15) is 0 Å². The second kappa shape index (κ2) is 7.06. The van der Waals surface area contributed by atoms with E-state index in [0.717, 1.165) is 26.4 Å². The maximum atomic E-state index is 13.2. The Hall–Kier alpha value is -3.04. The lowest BCUT2D eigenvalue weighted by molar-refractivity contribution is 0.105. The first-order valence-electron chi connectivity index (χ1n) is 8.45. The molecule has 0 fully saturated rings. The topological polar surface area (TPSA) is 30.0 Å². The highest BCUT2D eigenvalue weighted by Crippen LogP contribution is 2.31. The van der Waals surface area contributed by atoms with Crippen LogP contribution >= 0.6 is 11.3 Å². The van der Waals surface area contributed by atoms with Crippen LogP contribution in [0.5, 0.6) is 0 Å². The van der Waals surface area contributed by atoms with Crippen LogP contribution in [-0.4, -0.2) is 10.8 Å². The summed E-state index contributed by atoms with van der Waals surface area (Å²) in [7, 11) is 0. The standard InChI is InChI=1S/C23H17NOS/c1-16-9-5-6-12-18(16)15-19(22(25)17-10-3-2-4-11-17)23-24-20-13-7-8-14-21(20)26-23/h2-15H,1H3/b19-15-. The van der Waals surface area contributed by atoms with E-state index in [1.165, 1.54) is 0 Å². The number of rotatable bonds is 4. The number of hydrogen-bond donors (Lipinski definition) is 0. The number of carbonyl (C=O) groups is 1. The summed E-state index contributed by atoms with van der Waals surface area (Å²) >= 11 is 1.55. The molecule has 4 rings (SSSR count). The van der Waals surface area contributed by atoms with Gasteiger partial charge < -0.3 is 0 Å². The normalized spacial score (nSPS) is 11.7. The number of Topliss-reactive ketones (excluding diaryl/α,β-unsaturated/α-hetero) is 1. The monoisotopic (exact) mass is 355 g/mol. The van der Waals surface area contributed by atoms with Crippen LogP contribution in [0.15, 0.2) is 78.9 Å². The van der Waals surface area contributed by atoms with Crippen LogP contribution in [0.1, 0.15) is 26.5 Å². The first kappa shape index (κ1) is 16.4. The Bertz CT molecular complexity index is 1080. The second-order valence-electron chi connectivity index (χ2n) is 6.10. The van der Waals surface area contributed by atoms with Gasteiger partial charge in [-0.25, -0.2) is 4.98 Å². The molecule has 0 aliphatic heterocycles. The molecule has 3 heteroatoms. The Morgan fingerprint density at radius 2 is 1.58 bits per heavy atom. The van der Waals surface area contributed by atoms with E-state index < -0.39 is 0 Å². The quantitative estimate of drug-likeness (QED) is 0.330. The fraction of sp³-hybridized carbons (Fsp3) is 0.0435. The molecule has 0 bridgehead atoms. The van der Waals surface area contributed by atoms with E-state index in [4.69, 9.17) is 4.98 Å². The molecule has 2 nitrogen and oxygen atoms in total. The molecule has 126 valence electrons. The fourth-order valence-corrected chi connectivity index (χ4v) is 3.84. The van der Waals surface area contributed by atoms with Crippen molar-refractivity contribution in [3.8, 4) is 0 Å². The predicted molar refractivity (Wildman–Crippen MR) is 109 cm³/mol. The Labute approximate surface area is 156 Å². The zero-order valence-electron chi connectivity index (χ0n) is 14.3. The highest BCUT2D eigenvalue weighted by molar-refractivity contribution is 7.20. The lowest BCUT2D eigenvalue weighted by Gasteiger charge is -2.06. The van der Waals surface area contributed by atoms with Gasteiger partial charge in [0, 0.05) is 5.56 Å². The van der Waals surface area contributed by atoms with E-state index in [0.29, 0.717) is 11.1 Å².